The van der Waals surface area contributed by atoms with Crippen LogP contribution in [-0.2, 0) is 14.8 Å². The number of amides is 1. The zero-order valence-corrected chi connectivity index (χ0v) is 17.7. The van der Waals surface area contributed by atoms with Gasteiger partial charge in [-0.15, -0.1) is 0 Å². The molecule has 0 saturated carbocycles. The maximum atomic E-state index is 12.9. The molecule has 2 aromatic rings. The van der Waals surface area contributed by atoms with Crippen molar-refractivity contribution in [1.82, 2.24) is 4.31 Å². The van der Waals surface area contributed by atoms with E-state index in [1.54, 1.807) is 12.1 Å². The van der Waals surface area contributed by atoms with Crippen LogP contribution < -0.4 is 10.2 Å². The van der Waals surface area contributed by atoms with Gasteiger partial charge in [0.15, 0.2) is 0 Å². The average molecular weight is 430 g/mol. The molecule has 8 heteroatoms. The van der Waals surface area contributed by atoms with Gasteiger partial charge in [0.1, 0.15) is 0 Å². The third kappa shape index (κ3) is 4.66. The molecule has 1 N–H and O–H groups in total. The van der Waals surface area contributed by atoms with E-state index in [2.05, 4.69) is 16.3 Å². The number of sulfonamides is 1. The lowest BCUT2D eigenvalue weighted by atomic mass is 10.1. The number of carbonyl (C=O) groups excluding carboxylic acids is 1. The lowest BCUT2D eigenvalue weighted by Gasteiger charge is -2.29. The number of hydrogen-bond donors (Lipinski definition) is 1. The molecule has 2 aliphatic heterocycles. The van der Waals surface area contributed by atoms with E-state index >= 15 is 0 Å². The van der Waals surface area contributed by atoms with Crippen molar-refractivity contribution >= 4 is 27.3 Å². The number of anilines is 2. The number of carbonyl (C=O) groups is 1. The molecule has 160 valence electrons. The molecule has 2 aliphatic rings. The first kappa shape index (κ1) is 20.8. The summed E-state index contributed by atoms with van der Waals surface area (Å²) < 4.78 is 32.4. The molecule has 2 heterocycles. The first-order valence-electron chi connectivity index (χ1n) is 10.4. The molecule has 0 spiro atoms. The Hall–Kier alpha value is -2.42. The second-order valence-electron chi connectivity index (χ2n) is 7.60. The Balaban J connectivity index is 1.50. The third-order valence-corrected chi connectivity index (χ3v) is 7.42. The first-order valence-corrected chi connectivity index (χ1v) is 11.8. The summed E-state index contributed by atoms with van der Waals surface area (Å²) in [5.74, 6) is -0.329. The molecule has 1 amide bonds. The summed E-state index contributed by atoms with van der Waals surface area (Å²) in [6.07, 6.45) is 3.62. The zero-order valence-electron chi connectivity index (χ0n) is 16.9. The summed E-state index contributed by atoms with van der Waals surface area (Å²) in [6, 6.07) is 14.0. The fourth-order valence-electron chi connectivity index (χ4n) is 3.87. The van der Waals surface area contributed by atoms with Crippen LogP contribution in [0.4, 0.5) is 11.4 Å². The number of benzene rings is 2. The van der Waals surface area contributed by atoms with Crippen LogP contribution in [0.3, 0.4) is 0 Å². The summed E-state index contributed by atoms with van der Waals surface area (Å²) in [6.45, 7) is 3.46. The van der Waals surface area contributed by atoms with Gasteiger partial charge in [-0.3, -0.25) is 4.79 Å². The van der Waals surface area contributed by atoms with Gasteiger partial charge < -0.3 is 15.0 Å². The highest BCUT2D eigenvalue weighted by Crippen LogP contribution is 2.24. The number of nitrogens with one attached hydrogen (secondary N) is 1. The molecule has 0 radical (unpaired) electrons. The molecule has 30 heavy (non-hydrogen) atoms. The van der Waals surface area contributed by atoms with Gasteiger partial charge in [0, 0.05) is 43.1 Å². The Morgan fingerprint density at radius 3 is 2.40 bits per heavy atom. The van der Waals surface area contributed by atoms with Gasteiger partial charge in [-0.05, 0) is 55.7 Å². The van der Waals surface area contributed by atoms with E-state index in [1.165, 1.54) is 35.7 Å². The van der Waals surface area contributed by atoms with Crippen molar-refractivity contribution in [2.75, 3.05) is 49.6 Å². The molecule has 0 unspecified atom stereocenters. The van der Waals surface area contributed by atoms with E-state index in [-0.39, 0.29) is 10.8 Å². The van der Waals surface area contributed by atoms with Crippen molar-refractivity contribution in [3.63, 3.8) is 0 Å². The molecular weight excluding hydrogens is 402 g/mol. The summed E-state index contributed by atoms with van der Waals surface area (Å²) in [4.78, 5) is 15.3. The van der Waals surface area contributed by atoms with Gasteiger partial charge >= 0.3 is 0 Å². The van der Waals surface area contributed by atoms with Crippen LogP contribution in [0.15, 0.2) is 53.4 Å². The van der Waals surface area contributed by atoms with Gasteiger partial charge in [-0.2, -0.15) is 4.31 Å². The van der Waals surface area contributed by atoms with Gasteiger partial charge in [0.2, 0.25) is 10.0 Å². The predicted molar refractivity (Wildman–Crippen MR) is 116 cm³/mol. The molecule has 0 aromatic heterocycles. The van der Waals surface area contributed by atoms with E-state index in [1.807, 2.05) is 18.2 Å². The quantitative estimate of drug-likeness (QED) is 0.791. The predicted octanol–water partition coefficient (Wildman–Crippen LogP) is 2.95. The van der Waals surface area contributed by atoms with Crippen LogP contribution >= 0.6 is 0 Å². The second kappa shape index (κ2) is 9.16. The maximum Gasteiger partial charge on any atom is 0.255 e. The van der Waals surface area contributed by atoms with E-state index in [0.717, 1.165) is 18.8 Å². The molecule has 2 saturated heterocycles. The smallest absolute Gasteiger partial charge is 0.255 e. The lowest BCUT2D eigenvalue weighted by Crippen LogP contribution is -2.40. The zero-order chi connectivity index (χ0) is 21.0. The molecule has 2 aromatic carbocycles. The minimum absolute atomic E-state index is 0.124. The van der Waals surface area contributed by atoms with E-state index in [4.69, 9.17) is 4.74 Å². The van der Waals surface area contributed by atoms with Crippen LogP contribution in [0.1, 0.15) is 29.6 Å². The van der Waals surface area contributed by atoms with Crippen LogP contribution in [0.5, 0.6) is 0 Å². The molecule has 0 bridgehead atoms. The highest BCUT2D eigenvalue weighted by Gasteiger charge is 2.27. The molecular formula is C22H27N3O4S. The topological polar surface area (TPSA) is 79.0 Å². The summed E-state index contributed by atoms with van der Waals surface area (Å²) in [5, 5.41) is 2.90. The highest BCUT2D eigenvalue weighted by atomic mass is 32.2. The monoisotopic (exact) mass is 429 g/mol. The largest absolute Gasteiger partial charge is 0.379 e. The van der Waals surface area contributed by atoms with Crippen molar-refractivity contribution in [2.24, 2.45) is 0 Å². The van der Waals surface area contributed by atoms with E-state index < -0.39 is 10.0 Å². The molecule has 7 nitrogen and oxygen atoms in total. The number of piperidine rings is 1. The van der Waals surface area contributed by atoms with Crippen molar-refractivity contribution in [2.45, 2.75) is 24.2 Å². The standard InChI is InChI=1S/C22H27N3O4S/c26-22(23-19-7-5-8-20(17-19)24-10-2-1-3-11-24)18-6-4-9-21(16-18)30(27,28)25-12-14-29-15-13-25/h4-9,16-17H,1-3,10-15H2,(H,23,26). The second-order valence-corrected chi connectivity index (χ2v) is 9.53. The number of hydrogen-bond acceptors (Lipinski definition) is 5. The van der Waals surface area contributed by atoms with Gasteiger partial charge in [0.25, 0.3) is 5.91 Å². The number of morpholine rings is 1. The minimum atomic E-state index is -3.65. The number of rotatable bonds is 5. The van der Waals surface area contributed by atoms with Crippen molar-refractivity contribution in [3.8, 4) is 0 Å². The molecule has 0 aliphatic carbocycles. The molecule has 2 fully saturated rings. The average Bonchev–Trinajstić information content (AvgIpc) is 2.80. The summed E-state index contributed by atoms with van der Waals surface area (Å²) in [7, 11) is -3.65. The maximum absolute atomic E-state index is 12.9. The number of ether oxygens (including phenoxy) is 1. The van der Waals surface area contributed by atoms with Crippen LogP contribution in [0.25, 0.3) is 0 Å². The highest BCUT2D eigenvalue weighted by molar-refractivity contribution is 7.89. The van der Waals surface area contributed by atoms with E-state index in [9.17, 15) is 13.2 Å². The summed E-state index contributed by atoms with van der Waals surface area (Å²) >= 11 is 0. The van der Waals surface area contributed by atoms with Crippen LogP contribution in [0, 0.1) is 0 Å². The third-order valence-electron chi connectivity index (χ3n) is 5.53. The molecule has 4 rings (SSSR count). The Morgan fingerprint density at radius 1 is 0.900 bits per heavy atom. The van der Waals surface area contributed by atoms with Crippen molar-refractivity contribution in [3.05, 3.63) is 54.1 Å². The normalized spacial score (nSPS) is 18.2. The fourth-order valence-corrected chi connectivity index (χ4v) is 5.32. The van der Waals surface area contributed by atoms with Crippen molar-refractivity contribution in [1.29, 1.82) is 0 Å². The first-order chi connectivity index (χ1) is 14.5. The summed E-state index contributed by atoms with van der Waals surface area (Å²) in [5.41, 5.74) is 2.10. The van der Waals surface area contributed by atoms with Crippen LogP contribution in [-0.4, -0.2) is 58.0 Å². The Labute approximate surface area is 177 Å². The van der Waals surface area contributed by atoms with Gasteiger partial charge in [-0.1, -0.05) is 12.1 Å². The Bertz CT molecular complexity index is 997. The SMILES string of the molecule is O=C(Nc1cccc(N2CCCCC2)c1)c1cccc(S(=O)(=O)N2CCOCC2)c1. The van der Waals surface area contributed by atoms with Crippen molar-refractivity contribution < 1.29 is 17.9 Å². The Morgan fingerprint density at radius 2 is 1.63 bits per heavy atom. The minimum Gasteiger partial charge on any atom is -0.379 e. The lowest BCUT2D eigenvalue weighted by molar-refractivity contribution is 0.0730. The van der Waals surface area contributed by atoms with Crippen LogP contribution in [0.2, 0.25) is 0 Å². The van der Waals surface area contributed by atoms with Gasteiger partial charge in [-0.25, -0.2) is 8.42 Å². The Kier molecular flexibility index (Phi) is 6.36. The fraction of sp³-hybridized carbons (Fsp3) is 0.409. The van der Waals surface area contributed by atoms with E-state index in [0.29, 0.717) is 37.6 Å². The number of nitrogens with zero attached hydrogens (tertiary/aromatic N) is 2. The van der Waals surface area contributed by atoms with Gasteiger partial charge in [0.05, 0.1) is 18.1 Å². The molecule has 0 atom stereocenters.